The molecular formula is C20H29N5O2S. The molecule has 28 heavy (non-hydrogen) atoms. The molecule has 1 aromatic heterocycles. The fraction of sp³-hybridized carbons (Fsp3) is 0.600. The van der Waals surface area contributed by atoms with Gasteiger partial charge in [-0.15, -0.1) is 5.10 Å². The van der Waals surface area contributed by atoms with Gasteiger partial charge in [0.25, 0.3) is 0 Å². The minimum absolute atomic E-state index is 0.158. The largest absolute Gasteiger partial charge is 0.494 e. The van der Waals surface area contributed by atoms with Crippen LogP contribution < -0.4 is 4.74 Å². The standard InChI is InChI=1S/C20H29N5O2S/c1-5-24(16-9-7-6-8-10-16)19(26)15(3)28-20-21-22-23-25(20)17-13-14(2)11-12-18(17)27-4/h11-13,15-16H,5-10H2,1-4H3. The number of rotatable bonds is 7. The van der Waals surface area contributed by atoms with Gasteiger partial charge in [0.15, 0.2) is 0 Å². The van der Waals surface area contributed by atoms with Crippen molar-refractivity contribution in [3.05, 3.63) is 23.8 Å². The third-order valence-electron chi connectivity index (χ3n) is 5.27. The number of carbonyl (C=O) groups is 1. The molecule has 7 nitrogen and oxygen atoms in total. The number of methoxy groups -OCH3 is 1. The van der Waals surface area contributed by atoms with E-state index in [1.807, 2.05) is 36.9 Å². The molecule has 3 rings (SSSR count). The van der Waals surface area contributed by atoms with E-state index in [4.69, 9.17) is 4.74 Å². The highest BCUT2D eigenvalue weighted by atomic mass is 32.2. The Hall–Kier alpha value is -2.09. The van der Waals surface area contributed by atoms with Crippen molar-refractivity contribution >= 4 is 17.7 Å². The van der Waals surface area contributed by atoms with Crippen molar-refractivity contribution in [1.82, 2.24) is 25.1 Å². The first-order chi connectivity index (χ1) is 13.5. The zero-order chi connectivity index (χ0) is 20.1. The van der Waals surface area contributed by atoms with Crippen molar-refractivity contribution in [2.24, 2.45) is 0 Å². The molecule has 1 aromatic carbocycles. The second kappa shape index (κ2) is 9.41. The number of tetrazole rings is 1. The van der Waals surface area contributed by atoms with Crippen LogP contribution in [0.15, 0.2) is 23.4 Å². The molecule has 2 aromatic rings. The van der Waals surface area contributed by atoms with Gasteiger partial charge in [-0.3, -0.25) is 4.79 Å². The number of ether oxygens (including phenoxy) is 1. The van der Waals surface area contributed by atoms with Gasteiger partial charge in [0.2, 0.25) is 11.1 Å². The number of amides is 1. The van der Waals surface area contributed by atoms with Gasteiger partial charge >= 0.3 is 0 Å². The molecular weight excluding hydrogens is 374 g/mol. The molecule has 0 N–H and O–H groups in total. The fourth-order valence-electron chi connectivity index (χ4n) is 3.80. The van der Waals surface area contributed by atoms with Crippen LogP contribution in [0.2, 0.25) is 0 Å². The second-order valence-electron chi connectivity index (χ2n) is 7.22. The average Bonchev–Trinajstić information content (AvgIpc) is 3.17. The lowest BCUT2D eigenvalue weighted by Crippen LogP contribution is -2.44. The number of aromatic nitrogens is 4. The van der Waals surface area contributed by atoms with Gasteiger partial charge in [0, 0.05) is 12.6 Å². The van der Waals surface area contributed by atoms with E-state index in [9.17, 15) is 4.79 Å². The zero-order valence-corrected chi connectivity index (χ0v) is 17.9. The summed E-state index contributed by atoms with van der Waals surface area (Å²) in [5.41, 5.74) is 1.86. The predicted octanol–water partition coefficient (Wildman–Crippen LogP) is 3.64. The maximum atomic E-state index is 13.1. The van der Waals surface area contributed by atoms with E-state index in [0.29, 0.717) is 16.9 Å². The Morgan fingerprint density at radius 3 is 2.79 bits per heavy atom. The van der Waals surface area contributed by atoms with E-state index in [1.165, 1.54) is 31.0 Å². The number of benzene rings is 1. The lowest BCUT2D eigenvalue weighted by atomic mass is 9.94. The molecule has 0 spiro atoms. The molecule has 152 valence electrons. The summed E-state index contributed by atoms with van der Waals surface area (Å²) in [6.45, 7) is 6.75. The van der Waals surface area contributed by atoms with E-state index in [2.05, 4.69) is 22.4 Å². The first kappa shape index (κ1) is 20.6. The molecule has 1 aliphatic carbocycles. The fourth-order valence-corrected chi connectivity index (χ4v) is 4.67. The molecule has 1 heterocycles. The Kier molecular flexibility index (Phi) is 6.93. The van der Waals surface area contributed by atoms with Crippen LogP contribution in [0.4, 0.5) is 0 Å². The first-order valence-electron chi connectivity index (χ1n) is 9.95. The quantitative estimate of drug-likeness (QED) is 0.657. The molecule has 1 amide bonds. The van der Waals surface area contributed by atoms with Crippen molar-refractivity contribution in [2.75, 3.05) is 13.7 Å². The molecule has 1 aliphatic rings. The van der Waals surface area contributed by atoms with Gasteiger partial charge in [-0.25, -0.2) is 0 Å². The topological polar surface area (TPSA) is 73.1 Å². The van der Waals surface area contributed by atoms with Gasteiger partial charge in [0.1, 0.15) is 11.4 Å². The van der Waals surface area contributed by atoms with E-state index in [0.717, 1.165) is 30.6 Å². The number of hydrogen-bond donors (Lipinski definition) is 0. The third kappa shape index (κ3) is 4.48. The molecule has 0 saturated heterocycles. The Bertz CT molecular complexity index is 804. The van der Waals surface area contributed by atoms with Crippen molar-refractivity contribution in [3.8, 4) is 11.4 Å². The van der Waals surface area contributed by atoms with Crippen LogP contribution in [0.25, 0.3) is 5.69 Å². The van der Waals surface area contributed by atoms with Crippen LogP contribution in [0, 0.1) is 6.92 Å². The first-order valence-corrected chi connectivity index (χ1v) is 10.8. The van der Waals surface area contributed by atoms with Gasteiger partial charge in [-0.1, -0.05) is 37.1 Å². The normalized spacial score (nSPS) is 16.0. The highest BCUT2D eigenvalue weighted by Crippen LogP contribution is 2.30. The maximum Gasteiger partial charge on any atom is 0.236 e. The molecule has 8 heteroatoms. The van der Waals surface area contributed by atoms with Gasteiger partial charge in [0.05, 0.1) is 12.4 Å². The Morgan fingerprint density at radius 2 is 2.11 bits per heavy atom. The molecule has 0 aliphatic heterocycles. The SMILES string of the molecule is CCN(C(=O)C(C)Sc1nnnn1-c1cc(C)ccc1OC)C1CCCCC1. The molecule has 1 unspecified atom stereocenters. The van der Waals surface area contributed by atoms with Gasteiger partial charge in [-0.05, 0) is 61.7 Å². The second-order valence-corrected chi connectivity index (χ2v) is 8.53. The summed E-state index contributed by atoms with van der Waals surface area (Å²) >= 11 is 1.39. The van der Waals surface area contributed by atoms with E-state index >= 15 is 0 Å². The highest BCUT2D eigenvalue weighted by molar-refractivity contribution is 8.00. The zero-order valence-electron chi connectivity index (χ0n) is 17.1. The minimum Gasteiger partial charge on any atom is -0.494 e. The molecule has 1 fully saturated rings. The number of thioether (sulfide) groups is 1. The van der Waals surface area contributed by atoms with E-state index < -0.39 is 0 Å². The van der Waals surface area contributed by atoms with Gasteiger partial charge in [-0.2, -0.15) is 4.68 Å². The van der Waals surface area contributed by atoms with E-state index in [1.54, 1.807) is 11.8 Å². The van der Waals surface area contributed by atoms with Crippen LogP contribution in [0.1, 0.15) is 51.5 Å². The third-order valence-corrected chi connectivity index (χ3v) is 6.29. The van der Waals surface area contributed by atoms with Gasteiger partial charge < -0.3 is 9.64 Å². The van der Waals surface area contributed by atoms with Crippen molar-refractivity contribution in [2.45, 2.75) is 69.3 Å². The summed E-state index contributed by atoms with van der Waals surface area (Å²) in [5, 5.41) is 12.4. The summed E-state index contributed by atoms with van der Waals surface area (Å²) in [4.78, 5) is 15.2. The smallest absolute Gasteiger partial charge is 0.236 e. The highest BCUT2D eigenvalue weighted by Gasteiger charge is 2.29. The lowest BCUT2D eigenvalue weighted by molar-refractivity contribution is -0.133. The summed E-state index contributed by atoms with van der Waals surface area (Å²) in [6.07, 6.45) is 5.91. The predicted molar refractivity (Wildman–Crippen MR) is 110 cm³/mol. The summed E-state index contributed by atoms with van der Waals surface area (Å²) in [7, 11) is 1.63. The number of hydrogen-bond acceptors (Lipinski definition) is 6. The van der Waals surface area contributed by atoms with Crippen LogP contribution in [0.5, 0.6) is 5.75 Å². The Balaban J connectivity index is 1.78. The number of nitrogens with zero attached hydrogens (tertiary/aromatic N) is 5. The summed E-state index contributed by atoms with van der Waals surface area (Å²) < 4.78 is 7.12. The van der Waals surface area contributed by atoms with Crippen LogP contribution in [-0.2, 0) is 4.79 Å². The number of aryl methyl sites for hydroxylation is 1. The van der Waals surface area contributed by atoms with Crippen LogP contribution >= 0.6 is 11.8 Å². The number of carbonyl (C=O) groups excluding carboxylic acids is 1. The molecule has 0 bridgehead atoms. The van der Waals surface area contributed by atoms with Crippen LogP contribution in [0.3, 0.4) is 0 Å². The average molecular weight is 404 g/mol. The maximum absolute atomic E-state index is 13.1. The Labute approximate surface area is 170 Å². The Morgan fingerprint density at radius 1 is 1.36 bits per heavy atom. The summed E-state index contributed by atoms with van der Waals surface area (Å²) in [5.74, 6) is 0.848. The van der Waals surface area contributed by atoms with Crippen molar-refractivity contribution in [1.29, 1.82) is 0 Å². The molecule has 0 radical (unpaired) electrons. The monoisotopic (exact) mass is 403 g/mol. The van der Waals surface area contributed by atoms with E-state index in [-0.39, 0.29) is 11.2 Å². The van der Waals surface area contributed by atoms with Crippen molar-refractivity contribution in [3.63, 3.8) is 0 Å². The van der Waals surface area contributed by atoms with Crippen LogP contribution in [-0.4, -0.2) is 56.0 Å². The molecule has 1 atom stereocenters. The van der Waals surface area contributed by atoms with Crippen molar-refractivity contribution < 1.29 is 9.53 Å². The summed E-state index contributed by atoms with van der Waals surface area (Å²) in [6, 6.07) is 6.22. The minimum atomic E-state index is -0.262. The molecule has 1 saturated carbocycles. The lowest BCUT2D eigenvalue weighted by Gasteiger charge is -2.35.